The molecule has 2 heteroatoms. The Morgan fingerprint density at radius 2 is 1.75 bits per heavy atom. The van der Waals surface area contributed by atoms with Crippen LogP contribution in [0.15, 0.2) is 71.9 Å². The molecule has 0 bridgehead atoms. The monoisotopic (exact) mass is 260 g/mol. The van der Waals surface area contributed by atoms with Gasteiger partial charge in [-0.2, -0.15) is 0 Å². The highest BCUT2D eigenvalue weighted by Gasteiger charge is 2.06. The summed E-state index contributed by atoms with van der Waals surface area (Å²) in [6, 6.07) is 20.7. The fraction of sp³-hybridized carbons (Fsp3) is 0.111. The average Bonchev–Trinajstić information content (AvgIpc) is 2.53. The molecule has 0 saturated carbocycles. The van der Waals surface area contributed by atoms with Crippen molar-refractivity contribution in [2.75, 3.05) is 0 Å². The van der Waals surface area contributed by atoms with Crippen LogP contribution in [0, 0.1) is 0 Å². The number of aliphatic imine (C=N–C) groups is 1. The van der Waals surface area contributed by atoms with E-state index in [1.807, 2.05) is 24.4 Å². The fourth-order valence-corrected chi connectivity index (χ4v) is 2.34. The second kappa shape index (κ2) is 5.66. The van der Waals surface area contributed by atoms with Gasteiger partial charge in [0.1, 0.15) is 0 Å². The van der Waals surface area contributed by atoms with Gasteiger partial charge in [-0.05, 0) is 35.4 Å². The first-order valence-corrected chi connectivity index (χ1v) is 6.76. The zero-order chi connectivity index (χ0) is 13.8. The zero-order valence-corrected chi connectivity index (χ0v) is 11.4. The molecule has 98 valence electrons. The van der Waals surface area contributed by atoms with Crippen molar-refractivity contribution in [2.24, 2.45) is 4.99 Å². The summed E-state index contributed by atoms with van der Waals surface area (Å²) >= 11 is 0. The van der Waals surface area contributed by atoms with Gasteiger partial charge in [0.25, 0.3) is 0 Å². The molecule has 2 nitrogen and oxygen atoms in total. The van der Waals surface area contributed by atoms with Gasteiger partial charge < -0.3 is 0 Å². The van der Waals surface area contributed by atoms with E-state index in [-0.39, 0.29) is 6.04 Å². The highest BCUT2D eigenvalue weighted by Crippen LogP contribution is 2.26. The highest BCUT2D eigenvalue weighted by atomic mass is 14.8. The zero-order valence-electron chi connectivity index (χ0n) is 11.4. The molecular formula is C18H16N2. The fourth-order valence-electron chi connectivity index (χ4n) is 2.34. The Morgan fingerprint density at radius 1 is 0.950 bits per heavy atom. The van der Waals surface area contributed by atoms with Gasteiger partial charge >= 0.3 is 0 Å². The minimum atomic E-state index is 0.114. The van der Waals surface area contributed by atoms with Gasteiger partial charge in [-0.1, -0.05) is 48.5 Å². The molecule has 0 aliphatic rings. The molecule has 0 radical (unpaired) electrons. The number of hydrogen-bond acceptors (Lipinski definition) is 2. The molecule has 1 heterocycles. The molecule has 0 unspecified atom stereocenters. The van der Waals surface area contributed by atoms with Crippen LogP contribution in [0.25, 0.3) is 10.8 Å². The first kappa shape index (κ1) is 12.5. The summed E-state index contributed by atoms with van der Waals surface area (Å²) in [5.74, 6) is 0. The summed E-state index contributed by atoms with van der Waals surface area (Å²) in [7, 11) is 0. The largest absolute Gasteiger partial charge is 0.283 e. The van der Waals surface area contributed by atoms with Crippen molar-refractivity contribution in [3.63, 3.8) is 0 Å². The van der Waals surface area contributed by atoms with Gasteiger partial charge in [-0.3, -0.25) is 9.98 Å². The SMILES string of the molecule is C[C@H](/N=C/c1ccccn1)c1cccc2ccccc12. The number of aromatic nitrogens is 1. The van der Waals surface area contributed by atoms with Gasteiger partial charge in [0.15, 0.2) is 0 Å². The lowest BCUT2D eigenvalue weighted by Crippen LogP contribution is -1.93. The smallest absolute Gasteiger partial charge is 0.0808 e. The van der Waals surface area contributed by atoms with E-state index in [0.29, 0.717) is 0 Å². The van der Waals surface area contributed by atoms with E-state index in [9.17, 15) is 0 Å². The van der Waals surface area contributed by atoms with E-state index in [2.05, 4.69) is 59.4 Å². The van der Waals surface area contributed by atoms with Crippen molar-refractivity contribution in [1.29, 1.82) is 0 Å². The van der Waals surface area contributed by atoms with E-state index in [0.717, 1.165) is 5.69 Å². The van der Waals surface area contributed by atoms with Crippen molar-refractivity contribution in [2.45, 2.75) is 13.0 Å². The summed E-state index contributed by atoms with van der Waals surface area (Å²) < 4.78 is 0. The molecule has 0 spiro atoms. The van der Waals surface area contributed by atoms with Crippen LogP contribution in [0.5, 0.6) is 0 Å². The van der Waals surface area contributed by atoms with Crippen LogP contribution in [0.4, 0.5) is 0 Å². The Labute approximate surface area is 118 Å². The second-order valence-corrected chi connectivity index (χ2v) is 4.78. The molecule has 3 aromatic rings. The van der Waals surface area contributed by atoms with Crippen molar-refractivity contribution < 1.29 is 0 Å². The van der Waals surface area contributed by atoms with Crippen LogP contribution in [0.1, 0.15) is 24.2 Å². The predicted molar refractivity (Wildman–Crippen MR) is 84.2 cm³/mol. The number of hydrogen-bond donors (Lipinski definition) is 0. The van der Waals surface area contributed by atoms with E-state index < -0.39 is 0 Å². The molecule has 1 atom stereocenters. The highest BCUT2D eigenvalue weighted by molar-refractivity contribution is 5.86. The summed E-state index contributed by atoms with van der Waals surface area (Å²) in [5.41, 5.74) is 2.13. The van der Waals surface area contributed by atoms with Crippen molar-refractivity contribution >= 4 is 17.0 Å². The van der Waals surface area contributed by atoms with E-state index in [1.54, 1.807) is 6.20 Å². The van der Waals surface area contributed by atoms with Crippen LogP contribution < -0.4 is 0 Å². The Bertz CT molecular complexity index is 727. The molecule has 20 heavy (non-hydrogen) atoms. The lowest BCUT2D eigenvalue weighted by atomic mass is 10.00. The van der Waals surface area contributed by atoms with E-state index in [4.69, 9.17) is 0 Å². The lowest BCUT2D eigenvalue weighted by molar-refractivity contribution is 0.833. The normalized spacial score (nSPS) is 12.8. The summed E-state index contributed by atoms with van der Waals surface area (Å²) in [5, 5.41) is 2.52. The molecule has 0 N–H and O–H groups in total. The van der Waals surface area contributed by atoms with Crippen molar-refractivity contribution in [3.05, 3.63) is 78.1 Å². The van der Waals surface area contributed by atoms with E-state index >= 15 is 0 Å². The maximum Gasteiger partial charge on any atom is 0.0808 e. The number of fused-ring (bicyclic) bond motifs is 1. The molecule has 0 amide bonds. The third-order valence-electron chi connectivity index (χ3n) is 3.39. The molecular weight excluding hydrogens is 244 g/mol. The predicted octanol–water partition coefficient (Wildman–Crippen LogP) is 4.41. The first-order valence-electron chi connectivity index (χ1n) is 6.76. The van der Waals surface area contributed by atoms with E-state index in [1.165, 1.54) is 16.3 Å². The van der Waals surface area contributed by atoms with Crippen LogP contribution in [0.3, 0.4) is 0 Å². The van der Waals surface area contributed by atoms with Crippen LogP contribution in [-0.2, 0) is 0 Å². The summed E-state index contributed by atoms with van der Waals surface area (Å²) in [6.07, 6.45) is 3.62. The number of nitrogens with zero attached hydrogens (tertiary/aromatic N) is 2. The lowest BCUT2D eigenvalue weighted by Gasteiger charge is -2.10. The maximum atomic E-state index is 4.63. The molecule has 0 fully saturated rings. The van der Waals surface area contributed by atoms with Crippen LogP contribution in [-0.4, -0.2) is 11.2 Å². The van der Waals surface area contributed by atoms with Gasteiger partial charge in [0.05, 0.1) is 11.7 Å². The standard InChI is InChI=1S/C18H16N2/c1-14(20-13-16-9-4-5-12-19-16)17-11-6-8-15-7-2-3-10-18(15)17/h2-14H,1H3/b20-13+/t14-/m0/s1. The summed E-state index contributed by atoms with van der Waals surface area (Å²) in [4.78, 5) is 8.88. The maximum absolute atomic E-state index is 4.63. The second-order valence-electron chi connectivity index (χ2n) is 4.78. The van der Waals surface area contributed by atoms with Gasteiger partial charge in [-0.15, -0.1) is 0 Å². The molecule has 0 saturated heterocycles. The van der Waals surface area contributed by atoms with Crippen molar-refractivity contribution in [3.8, 4) is 0 Å². The van der Waals surface area contributed by atoms with Gasteiger partial charge in [0.2, 0.25) is 0 Å². The molecule has 0 aliphatic carbocycles. The number of pyridine rings is 1. The van der Waals surface area contributed by atoms with Gasteiger partial charge in [0, 0.05) is 12.4 Å². The third-order valence-corrected chi connectivity index (χ3v) is 3.39. The minimum absolute atomic E-state index is 0.114. The van der Waals surface area contributed by atoms with Crippen LogP contribution in [0.2, 0.25) is 0 Å². The third kappa shape index (κ3) is 2.59. The first-order chi connectivity index (χ1) is 9.84. The Hall–Kier alpha value is -2.48. The molecule has 2 aromatic carbocycles. The quantitative estimate of drug-likeness (QED) is 0.640. The topological polar surface area (TPSA) is 25.2 Å². The Morgan fingerprint density at radius 3 is 2.60 bits per heavy atom. The minimum Gasteiger partial charge on any atom is -0.283 e. The Balaban J connectivity index is 1.93. The number of rotatable bonds is 3. The molecule has 0 aliphatic heterocycles. The van der Waals surface area contributed by atoms with Crippen molar-refractivity contribution in [1.82, 2.24) is 4.98 Å². The Kier molecular flexibility index (Phi) is 3.55. The van der Waals surface area contributed by atoms with Crippen LogP contribution >= 0.6 is 0 Å². The molecule has 1 aromatic heterocycles. The summed E-state index contributed by atoms with van der Waals surface area (Å²) in [6.45, 7) is 2.11. The molecule has 3 rings (SSSR count). The number of benzene rings is 2. The van der Waals surface area contributed by atoms with Gasteiger partial charge in [-0.25, -0.2) is 0 Å². The average molecular weight is 260 g/mol.